The average molecular weight is 337 g/mol. The molecule has 0 amide bonds. The molecule has 2 N–H and O–H groups in total. The second kappa shape index (κ2) is 6.00. The topological polar surface area (TPSA) is 56.2 Å². The molecule has 6 heteroatoms. The van der Waals surface area contributed by atoms with E-state index in [4.69, 9.17) is 5.73 Å². The van der Waals surface area contributed by atoms with Gasteiger partial charge in [0.15, 0.2) is 5.65 Å². The summed E-state index contributed by atoms with van der Waals surface area (Å²) in [4.78, 5) is 4.36. The minimum Gasteiger partial charge on any atom is -0.384 e. The minimum atomic E-state index is -0.329. The zero-order chi connectivity index (χ0) is 14.7. The van der Waals surface area contributed by atoms with Crippen molar-refractivity contribution in [3.05, 3.63) is 46.8 Å². The summed E-state index contributed by atoms with van der Waals surface area (Å²) in [5.74, 6) is 0.0772. The number of nitrogens with two attached hydrogens (primary N) is 1. The fourth-order valence-electron chi connectivity index (χ4n) is 1.77. The van der Waals surface area contributed by atoms with E-state index in [0.717, 1.165) is 0 Å². The molecule has 0 bridgehead atoms. The van der Waals surface area contributed by atoms with E-state index in [1.807, 2.05) is 13.8 Å². The first-order valence-electron chi connectivity index (χ1n) is 6.21. The summed E-state index contributed by atoms with van der Waals surface area (Å²) in [6, 6.07) is 8.05. The first-order chi connectivity index (χ1) is 9.66. The molecule has 0 atom stereocenters. The molecule has 0 aliphatic heterocycles. The smallest absolute Gasteiger partial charge is 0.172 e. The van der Waals surface area contributed by atoms with Crippen LogP contribution in [0, 0.1) is 5.82 Å². The lowest BCUT2D eigenvalue weighted by atomic mass is 10.1. The Hall–Kier alpha value is -1.95. The Kier molecular flexibility index (Phi) is 4.34. The van der Waals surface area contributed by atoms with Gasteiger partial charge >= 0.3 is 0 Å². The Labute approximate surface area is 124 Å². The number of anilines is 1. The predicted octanol–water partition coefficient (Wildman–Crippen LogP) is 3.91. The summed E-state index contributed by atoms with van der Waals surface area (Å²) >= 11 is 3.33. The molecule has 104 valence electrons. The molecule has 3 rings (SSSR count). The van der Waals surface area contributed by atoms with Crippen molar-refractivity contribution in [3.63, 3.8) is 0 Å². The Morgan fingerprint density at radius 2 is 1.95 bits per heavy atom. The van der Waals surface area contributed by atoms with Gasteiger partial charge in [0.2, 0.25) is 0 Å². The van der Waals surface area contributed by atoms with Crippen LogP contribution in [0.2, 0.25) is 0 Å². The second-order valence-electron chi connectivity index (χ2n) is 3.77. The molecule has 0 fully saturated rings. The first-order valence-corrected chi connectivity index (χ1v) is 7.01. The van der Waals surface area contributed by atoms with Crippen LogP contribution in [0.25, 0.3) is 16.9 Å². The van der Waals surface area contributed by atoms with Crippen LogP contribution >= 0.6 is 15.9 Å². The standard InChI is InChI=1S/C12H8BrFN4.C2H6/c13-8-6-16-18-11(15)5-10(17-12(8)18)7-3-1-2-4-9(7)14;1-2/h1-6H,15H2;1-2H3. The number of benzene rings is 1. The average Bonchev–Trinajstić information content (AvgIpc) is 2.84. The van der Waals surface area contributed by atoms with Gasteiger partial charge in [-0.3, -0.25) is 0 Å². The molecule has 0 unspecified atom stereocenters. The largest absolute Gasteiger partial charge is 0.384 e. The first kappa shape index (κ1) is 14.5. The number of hydrogen-bond donors (Lipinski definition) is 1. The molecular weight excluding hydrogens is 323 g/mol. The van der Waals surface area contributed by atoms with E-state index in [1.165, 1.54) is 10.6 Å². The van der Waals surface area contributed by atoms with Gasteiger partial charge in [0.1, 0.15) is 11.6 Å². The Balaban J connectivity index is 0.000000704. The lowest BCUT2D eigenvalue weighted by Gasteiger charge is -2.05. The molecule has 0 radical (unpaired) electrons. The molecule has 1 aromatic carbocycles. The second-order valence-corrected chi connectivity index (χ2v) is 4.63. The van der Waals surface area contributed by atoms with Crippen LogP contribution in [0.3, 0.4) is 0 Å². The molecule has 2 heterocycles. The number of hydrogen-bond acceptors (Lipinski definition) is 3. The molecule has 0 aliphatic rings. The van der Waals surface area contributed by atoms with E-state index in [1.54, 1.807) is 30.5 Å². The maximum atomic E-state index is 13.7. The van der Waals surface area contributed by atoms with Crippen molar-refractivity contribution in [2.24, 2.45) is 0 Å². The summed E-state index contributed by atoms with van der Waals surface area (Å²) in [6.07, 6.45) is 1.60. The fraction of sp³-hybridized carbons (Fsp3) is 0.143. The third-order valence-corrected chi connectivity index (χ3v) is 3.17. The van der Waals surface area contributed by atoms with E-state index in [9.17, 15) is 4.39 Å². The highest BCUT2D eigenvalue weighted by atomic mass is 79.9. The van der Waals surface area contributed by atoms with Crippen LogP contribution in [0.5, 0.6) is 0 Å². The van der Waals surface area contributed by atoms with Gasteiger partial charge in [-0.05, 0) is 28.1 Å². The highest BCUT2D eigenvalue weighted by Crippen LogP contribution is 2.25. The van der Waals surface area contributed by atoms with Crippen LogP contribution in [-0.4, -0.2) is 14.6 Å². The van der Waals surface area contributed by atoms with Crippen molar-refractivity contribution in [1.29, 1.82) is 0 Å². The summed E-state index contributed by atoms with van der Waals surface area (Å²) < 4.78 is 15.9. The fourth-order valence-corrected chi connectivity index (χ4v) is 2.11. The van der Waals surface area contributed by atoms with Gasteiger partial charge in [-0.2, -0.15) is 9.61 Å². The molecule has 0 saturated carbocycles. The van der Waals surface area contributed by atoms with Gasteiger partial charge in [-0.15, -0.1) is 0 Å². The molecule has 3 aromatic rings. The number of nitrogens with zero attached hydrogens (tertiary/aromatic N) is 3. The number of halogens is 2. The van der Waals surface area contributed by atoms with Gasteiger partial charge in [-0.1, -0.05) is 26.0 Å². The van der Waals surface area contributed by atoms with Crippen LogP contribution < -0.4 is 5.73 Å². The van der Waals surface area contributed by atoms with Crippen molar-refractivity contribution >= 4 is 27.4 Å². The molecule has 2 aromatic heterocycles. The Bertz CT molecular complexity index is 739. The van der Waals surface area contributed by atoms with Gasteiger partial charge in [0.25, 0.3) is 0 Å². The summed E-state index contributed by atoms with van der Waals surface area (Å²) in [6.45, 7) is 4.00. The van der Waals surface area contributed by atoms with Crippen molar-refractivity contribution in [2.75, 3.05) is 5.73 Å². The number of aromatic nitrogens is 3. The Morgan fingerprint density at radius 3 is 2.65 bits per heavy atom. The minimum absolute atomic E-state index is 0.329. The lowest BCUT2D eigenvalue weighted by Crippen LogP contribution is -2.01. The van der Waals surface area contributed by atoms with Crippen molar-refractivity contribution in [3.8, 4) is 11.3 Å². The van der Waals surface area contributed by atoms with Gasteiger partial charge in [0, 0.05) is 11.6 Å². The summed E-state index contributed by atoms with van der Waals surface area (Å²) in [5.41, 5.74) is 7.34. The normalized spacial score (nSPS) is 10.2. The third-order valence-electron chi connectivity index (χ3n) is 2.61. The quantitative estimate of drug-likeness (QED) is 0.733. The molecule has 20 heavy (non-hydrogen) atoms. The molecule has 0 aliphatic carbocycles. The number of fused-ring (bicyclic) bond motifs is 1. The summed E-state index contributed by atoms with van der Waals surface area (Å²) in [5, 5.41) is 4.06. The van der Waals surface area contributed by atoms with Crippen LogP contribution in [0.1, 0.15) is 13.8 Å². The summed E-state index contributed by atoms with van der Waals surface area (Å²) in [7, 11) is 0. The highest BCUT2D eigenvalue weighted by Gasteiger charge is 2.11. The van der Waals surface area contributed by atoms with Crippen LogP contribution in [0.4, 0.5) is 10.2 Å². The molecular formula is C14H14BrFN4. The molecule has 0 spiro atoms. The van der Waals surface area contributed by atoms with E-state index in [2.05, 4.69) is 26.0 Å². The van der Waals surface area contributed by atoms with Gasteiger partial charge in [-0.25, -0.2) is 9.37 Å². The zero-order valence-electron chi connectivity index (χ0n) is 11.1. The zero-order valence-corrected chi connectivity index (χ0v) is 12.7. The lowest BCUT2D eigenvalue weighted by molar-refractivity contribution is 0.630. The van der Waals surface area contributed by atoms with Gasteiger partial charge in [0.05, 0.1) is 16.4 Å². The maximum absolute atomic E-state index is 13.7. The SMILES string of the molecule is CC.Nc1cc(-c2ccccc2F)nc2c(Br)cnn12. The van der Waals surface area contributed by atoms with Gasteiger partial charge < -0.3 is 5.73 Å². The number of nitrogen functional groups attached to an aromatic ring is 1. The Morgan fingerprint density at radius 1 is 1.25 bits per heavy atom. The van der Waals surface area contributed by atoms with Crippen molar-refractivity contribution in [2.45, 2.75) is 13.8 Å². The predicted molar refractivity (Wildman–Crippen MR) is 81.8 cm³/mol. The van der Waals surface area contributed by atoms with Crippen LogP contribution in [-0.2, 0) is 0 Å². The van der Waals surface area contributed by atoms with Crippen molar-refractivity contribution in [1.82, 2.24) is 14.6 Å². The van der Waals surface area contributed by atoms with E-state index in [-0.39, 0.29) is 5.82 Å². The maximum Gasteiger partial charge on any atom is 0.172 e. The highest BCUT2D eigenvalue weighted by molar-refractivity contribution is 9.10. The van der Waals surface area contributed by atoms with E-state index in [0.29, 0.717) is 27.2 Å². The third kappa shape index (κ3) is 2.51. The molecule has 4 nitrogen and oxygen atoms in total. The van der Waals surface area contributed by atoms with Crippen LogP contribution in [0.15, 0.2) is 41.0 Å². The number of rotatable bonds is 1. The van der Waals surface area contributed by atoms with Crippen molar-refractivity contribution < 1.29 is 4.39 Å². The molecule has 0 saturated heterocycles. The van der Waals surface area contributed by atoms with E-state index >= 15 is 0 Å². The van der Waals surface area contributed by atoms with E-state index < -0.39 is 0 Å². The monoisotopic (exact) mass is 336 g/mol.